The van der Waals surface area contributed by atoms with Crippen molar-refractivity contribution in [3.05, 3.63) is 95.1 Å². The van der Waals surface area contributed by atoms with Crippen molar-refractivity contribution in [3.63, 3.8) is 0 Å². The van der Waals surface area contributed by atoms with E-state index in [0.29, 0.717) is 38.9 Å². The van der Waals surface area contributed by atoms with Crippen LogP contribution in [-0.2, 0) is 22.6 Å². The molecule has 15 heteroatoms. The SMILES string of the molecule is CS(=O)(=O)c1ccc2nc(-c3cccc(C(F)(F)F)c3)c(CN3CCC(N4CCCC(F)C4)CC3)c(C(=O)N[C@H](c3ccccc3)C(F)(F)F)c2c1. The molecule has 1 N–H and O–H groups in total. The Bertz CT molecular complexity index is 2030. The quantitative estimate of drug-likeness (QED) is 0.186. The fourth-order valence-corrected chi connectivity index (χ4v) is 7.81. The van der Waals surface area contributed by atoms with Crippen LogP contribution in [0.4, 0.5) is 30.7 Å². The van der Waals surface area contributed by atoms with Crippen molar-refractivity contribution < 1.29 is 43.9 Å². The Morgan fingerprint density at radius 2 is 1.63 bits per heavy atom. The zero-order valence-corrected chi connectivity index (χ0v) is 29.0. The highest BCUT2D eigenvalue weighted by molar-refractivity contribution is 7.90. The number of hydrogen-bond donors (Lipinski definition) is 1. The van der Waals surface area contributed by atoms with Crippen molar-refractivity contribution >= 4 is 26.6 Å². The summed E-state index contributed by atoms with van der Waals surface area (Å²) in [4.78, 5) is 22.8. The molecule has 0 radical (unpaired) electrons. The third-order valence-corrected chi connectivity index (χ3v) is 10.9. The van der Waals surface area contributed by atoms with Crippen LogP contribution < -0.4 is 5.32 Å². The first-order valence-electron chi connectivity index (χ1n) is 16.9. The fraction of sp³-hybridized carbons (Fsp3) is 0.405. The van der Waals surface area contributed by atoms with Crippen molar-refractivity contribution in [2.75, 3.05) is 32.4 Å². The molecule has 2 atom stereocenters. The summed E-state index contributed by atoms with van der Waals surface area (Å²) in [6, 6.07) is 12.3. The first-order chi connectivity index (χ1) is 24.5. The van der Waals surface area contributed by atoms with Crippen molar-refractivity contribution in [2.45, 2.75) is 67.7 Å². The molecule has 3 aromatic carbocycles. The molecule has 2 aliphatic heterocycles. The second kappa shape index (κ2) is 14.7. The number of alkyl halides is 7. The molecule has 0 aliphatic carbocycles. The molecule has 0 saturated carbocycles. The molecule has 2 saturated heterocycles. The summed E-state index contributed by atoms with van der Waals surface area (Å²) in [6.45, 7) is 1.87. The molecule has 1 aromatic heterocycles. The molecule has 7 nitrogen and oxygen atoms in total. The number of carbonyl (C=O) groups excluding carboxylic acids is 1. The van der Waals surface area contributed by atoms with E-state index in [1.165, 1.54) is 54.6 Å². The van der Waals surface area contributed by atoms with E-state index < -0.39 is 45.9 Å². The topological polar surface area (TPSA) is 82.6 Å². The Morgan fingerprint density at radius 1 is 0.923 bits per heavy atom. The lowest BCUT2D eigenvalue weighted by atomic mass is 9.93. The maximum atomic E-state index is 14.6. The van der Waals surface area contributed by atoms with E-state index in [0.717, 1.165) is 37.4 Å². The van der Waals surface area contributed by atoms with E-state index in [1.54, 1.807) is 0 Å². The van der Waals surface area contributed by atoms with Crippen LogP contribution in [0.1, 0.15) is 58.8 Å². The number of nitrogens with zero attached hydrogens (tertiary/aromatic N) is 3. The summed E-state index contributed by atoms with van der Waals surface area (Å²) >= 11 is 0. The predicted molar refractivity (Wildman–Crippen MR) is 182 cm³/mol. The van der Waals surface area contributed by atoms with Crippen molar-refractivity contribution in [1.29, 1.82) is 0 Å². The van der Waals surface area contributed by atoms with Crippen LogP contribution in [0.25, 0.3) is 22.2 Å². The van der Waals surface area contributed by atoms with Gasteiger partial charge in [-0.15, -0.1) is 0 Å². The van der Waals surface area contributed by atoms with Gasteiger partial charge in [-0.3, -0.25) is 14.6 Å². The van der Waals surface area contributed by atoms with Crippen LogP contribution in [-0.4, -0.2) is 79.9 Å². The number of aromatic nitrogens is 1. The van der Waals surface area contributed by atoms with Crippen LogP contribution in [0, 0.1) is 0 Å². The largest absolute Gasteiger partial charge is 0.416 e. The lowest BCUT2D eigenvalue weighted by Crippen LogP contribution is -2.48. The first-order valence-corrected chi connectivity index (χ1v) is 18.8. The van der Waals surface area contributed by atoms with Gasteiger partial charge in [-0.1, -0.05) is 42.5 Å². The number of carbonyl (C=O) groups is 1. The van der Waals surface area contributed by atoms with Crippen molar-refractivity contribution in [1.82, 2.24) is 20.1 Å². The Morgan fingerprint density at radius 3 is 2.27 bits per heavy atom. The maximum Gasteiger partial charge on any atom is 0.416 e. The van der Waals surface area contributed by atoms with Gasteiger partial charge in [-0.2, -0.15) is 26.3 Å². The lowest BCUT2D eigenvalue weighted by molar-refractivity contribution is -0.155. The number of nitrogens with one attached hydrogen (secondary N) is 1. The second-order valence-corrected chi connectivity index (χ2v) is 15.5. The van der Waals surface area contributed by atoms with E-state index in [1.807, 2.05) is 4.90 Å². The second-order valence-electron chi connectivity index (χ2n) is 13.4. The summed E-state index contributed by atoms with van der Waals surface area (Å²) < 4.78 is 125. The highest BCUT2D eigenvalue weighted by Crippen LogP contribution is 2.38. The highest BCUT2D eigenvalue weighted by Gasteiger charge is 2.43. The van der Waals surface area contributed by atoms with Crippen LogP contribution in [0.5, 0.6) is 0 Å². The summed E-state index contributed by atoms with van der Waals surface area (Å²) in [7, 11) is -3.88. The van der Waals surface area contributed by atoms with Gasteiger partial charge in [0.1, 0.15) is 6.17 Å². The Hall–Kier alpha value is -4.08. The smallest absolute Gasteiger partial charge is 0.337 e. The number of piperidine rings is 2. The molecule has 2 aliphatic rings. The number of likely N-dealkylation sites (tertiary alicyclic amines) is 2. The van der Waals surface area contributed by atoms with E-state index in [4.69, 9.17) is 0 Å². The fourth-order valence-electron chi connectivity index (χ4n) is 7.16. The average molecular weight is 751 g/mol. The average Bonchev–Trinajstić information content (AvgIpc) is 3.09. The van der Waals surface area contributed by atoms with E-state index in [-0.39, 0.29) is 56.3 Å². The molecule has 2 fully saturated rings. The predicted octanol–water partition coefficient (Wildman–Crippen LogP) is 7.76. The Kier molecular flexibility index (Phi) is 10.7. The molecule has 1 unspecified atom stereocenters. The molecular weight excluding hydrogens is 713 g/mol. The highest BCUT2D eigenvalue weighted by atomic mass is 32.2. The van der Waals surface area contributed by atoms with Crippen LogP contribution in [0.3, 0.4) is 0 Å². The normalized spacial score (nSPS) is 19.1. The van der Waals surface area contributed by atoms with Gasteiger partial charge >= 0.3 is 12.4 Å². The standard InChI is InChI=1S/C37H37F7N4O3S/c1-52(50,51)28-12-13-31-29(20-28)32(35(49)46-34(37(42,43)44)23-7-3-2-4-8-23)30(33(45-31)24-9-5-10-25(19-24)36(39,40)41)22-47-17-14-27(15-18-47)48-16-6-11-26(38)21-48/h2-5,7-10,12-13,19-20,26-27,34H,6,11,14-18,21-22H2,1H3,(H,46,49)/t26?,34-/m1/s1. The Labute approximate surface area is 296 Å². The van der Waals surface area contributed by atoms with Gasteiger partial charge in [0.25, 0.3) is 5.91 Å². The number of halogens is 7. The molecule has 4 aromatic rings. The van der Waals surface area contributed by atoms with Crippen LogP contribution in [0.2, 0.25) is 0 Å². The molecule has 278 valence electrons. The summed E-state index contributed by atoms with van der Waals surface area (Å²) in [5.74, 6) is -1.20. The van der Waals surface area contributed by atoms with Gasteiger partial charge in [-0.05, 0) is 81.2 Å². The number of benzene rings is 3. The minimum atomic E-state index is -4.95. The molecule has 0 spiro atoms. The molecule has 3 heterocycles. The van der Waals surface area contributed by atoms with Gasteiger partial charge in [0.2, 0.25) is 0 Å². The van der Waals surface area contributed by atoms with E-state index >= 15 is 0 Å². The minimum Gasteiger partial charge on any atom is -0.337 e. The van der Waals surface area contributed by atoms with Gasteiger partial charge in [-0.25, -0.2) is 17.8 Å². The zero-order valence-electron chi connectivity index (χ0n) is 28.1. The number of amides is 1. The van der Waals surface area contributed by atoms with E-state index in [2.05, 4.69) is 15.2 Å². The number of pyridine rings is 1. The van der Waals surface area contributed by atoms with Crippen LogP contribution >= 0.6 is 0 Å². The summed E-state index contributed by atoms with van der Waals surface area (Å²) in [5, 5.41) is 2.03. The number of sulfone groups is 1. The molecule has 1 amide bonds. The van der Waals surface area contributed by atoms with Crippen LogP contribution in [0.15, 0.2) is 77.7 Å². The van der Waals surface area contributed by atoms with E-state index in [9.17, 15) is 43.9 Å². The number of hydrogen-bond acceptors (Lipinski definition) is 6. The third kappa shape index (κ3) is 8.42. The van der Waals surface area contributed by atoms with Gasteiger partial charge in [0, 0.05) is 41.9 Å². The van der Waals surface area contributed by atoms with Gasteiger partial charge in [0.05, 0.1) is 27.2 Å². The number of fused-ring (bicyclic) bond motifs is 1. The molecule has 6 rings (SSSR count). The van der Waals surface area contributed by atoms with Crippen molar-refractivity contribution in [2.24, 2.45) is 0 Å². The minimum absolute atomic E-state index is 0.00145. The zero-order chi connectivity index (χ0) is 37.4. The summed E-state index contributed by atoms with van der Waals surface area (Å²) in [5.41, 5.74) is -1.62. The lowest BCUT2D eigenvalue weighted by Gasteiger charge is -2.41. The monoisotopic (exact) mass is 750 g/mol. The van der Waals surface area contributed by atoms with Gasteiger partial charge < -0.3 is 5.32 Å². The molecule has 52 heavy (non-hydrogen) atoms. The van der Waals surface area contributed by atoms with Crippen molar-refractivity contribution in [3.8, 4) is 11.3 Å². The molecular formula is C37H37F7N4O3S. The number of rotatable bonds is 8. The Balaban J connectivity index is 1.51. The molecule has 0 bridgehead atoms. The third-order valence-electron chi connectivity index (χ3n) is 9.76. The maximum absolute atomic E-state index is 14.6. The first kappa shape index (κ1) is 37.7. The van der Waals surface area contributed by atoms with Gasteiger partial charge in [0.15, 0.2) is 15.9 Å². The summed E-state index contributed by atoms with van der Waals surface area (Å²) in [6.07, 6.45) is -7.17.